The van der Waals surface area contributed by atoms with Crippen LogP contribution in [0.15, 0.2) is 18.2 Å². The molecule has 0 aliphatic heterocycles. The van der Waals surface area contributed by atoms with Crippen molar-refractivity contribution in [2.24, 2.45) is 5.73 Å². The minimum absolute atomic E-state index is 0.140. The molecular weight excluding hydrogens is 274 g/mol. The lowest BCUT2D eigenvalue weighted by atomic mass is 10.0. The predicted molar refractivity (Wildman–Crippen MR) is 76.8 cm³/mol. The highest BCUT2D eigenvalue weighted by Crippen LogP contribution is 2.17. The molecule has 0 saturated carbocycles. The third kappa shape index (κ3) is 5.83. The molecule has 6 heteroatoms. The van der Waals surface area contributed by atoms with Crippen LogP contribution in [0.5, 0.6) is 5.75 Å². The Balaban J connectivity index is 2.61. The van der Waals surface area contributed by atoms with E-state index in [1.807, 2.05) is 0 Å². The molecule has 1 rings (SSSR count). The number of esters is 1. The number of hydrogen-bond donors (Lipinski definition) is 2. The largest absolute Gasteiger partial charge is 0.516 e. The second-order valence-electron chi connectivity index (χ2n) is 5.81. The molecule has 0 spiro atoms. The highest BCUT2D eigenvalue weighted by atomic mass is 16.7. The summed E-state index contributed by atoms with van der Waals surface area (Å²) in [6.45, 7) is 6.79. The molecule has 3 N–H and O–H groups in total. The van der Waals surface area contributed by atoms with E-state index in [-0.39, 0.29) is 12.2 Å². The SMILES string of the molecule is Cc1cc(O)ccc1C[C@H](N)C(=O)OC(=O)OC(C)(C)C. The molecule has 6 nitrogen and oxygen atoms in total. The summed E-state index contributed by atoms with van der Waals surface area (Å²) in [6.07, 6.45) is -0.862. The van der Waals surface area contributed by atoms with Crippen LogP contribution in [-0.2, 0) is 20.7 Å². The number of phenolic OH excluding ortho intramolecular Hbond substituents is 1. The number of aryl methyl sites for hydroxylation is 1. The maximum Gasteiger partial charge on any atom is 0.516 e. The van der Waals surface area contributed by atoms with Gasteiger partial charge in [-0.2, -0.15) is 0 Å². The fourth-order valence-electron chi connectivity index (χ4n) is 1.66. The van der Waals surface area contributed by atoms with Crippen LogP contribution < -0.4 is 5.73 Å². The lowest BCUT2D eigenvalue weighted by molar-refractivity contribution is -0.142. The molecule has 0 bridgehead atoms. The minimum atomic E-state index is -1.06. The average molecular weight is 295 g/mol. The van der Waals surface area contributed by atoms with Crippen molar-refractivity contribution < 1.29 is 24.2 Å². The van der Waals surface area contributed by atoms with Gasteiger partial charge in [-0.3, -0.25) is 0 Å². The van der Waals surface area contributed by atoms with Gasteiger partial charge in [-0.25, -0.2) is 9.59 Å². The minimum Gasteiger partial charge on any atom is -0.508 e. The van der Waals surface area contributed by atoms with Crippen LogP contribution in [0.3, 0.4) is 0 Å². The molecule has 0 heterocycles. The summed E-state index contributed by atoms with van der Waals surface area (Å²) in [7, 11) is 0. The number of rotatable bonds is 3. The van der Waals surface area contributed by atoms with Crippen LogP contribution >= 0.6 is 0 Å². The Morgan fingerprint density at radius 2 is 1.95 bits per heavy atom. The zero-order chi connectivity index (χ0) is 16.2. The maximum absolute atomic E-state index is 11.7. The van der Waals surface area contributed by atoms with Gasteiger partial charge < -0.3 is 20.3 Å². The monoisotopic (exact) mass is 295 g/mol. The molecule has 0 unspecified atom stereocenters. The van der Waals surface area contributed by atoms with Crippen molar-refractivity contribution in [3.05, 3.63) is 29.3 Å². The summed E-state index contributed by atoms with van der Waals surface area (Å²) in [6, 6.07) is 3.77. The lowest BCUT2D eigenvalue weighted by Crippen LogP contribution is -2.37. The van der Waals surface area contributed by atoms with E-state index in [1.54, 1.807) is 39.8 Å². The van der Waals surface area contributed by atoms with Gasteiger partial charge >= 0.3 is 12.1 Å². The van der Waals surface area contributed by atoms with Gasteiger partial charge in [0.05, 0.1) is 0 Å². The summed E-state index contributed by atoms with van der Waals surface area (Å²) >= 11 is 0. The van der Waals surface area contributed by atoms with Crippen molar-refractivity contribution in [1.29, 1.82) is 0 Å². The molecule has 0 amide bonds. The summed E-state index contributed by atoms with van der Waals surface area (Å²) < 4.78 is 9.43. The topological polar surface area (TPSA) is 98.9 Å². The number of ether oxygens (including phenoxy) is 2. The van der Waals surface area contributed by atoms with Crippen LogP contribution in [0.2, 0.25) is 0 Å². The van der Waals surface area contributed by atoms with Gasteiger partial charge in [-0.15, -0.1) is 0 Å². The highest BCUT2D eigenvalue weighted by molar-refractivity contribution is 5.85. The molecule has 116 valence electrons. The fourth-order valence-corrected chi connectivity index (χ4v) is 1.66. The number of carbonyl (C=O) groups excluding carboxylic acids is 2. The number of aromatic hydroxyl groups is 1. The second-order valence-corrected chi connectivity index (χ2v) is 5.81. The standard InChI is InChI=1S/C15H21NO5/c1-9-7-11(17)6-5-10(9)8-12(16)13(18)20-14(19)21-15(2,3)4/h5-7,12,17H,8,16H2,1-4H3/t12-/m0/s1. The van der Waals surface area contributed by atoms with E-state index < -0.39 is 23.8 Å². The number of benzene rings is 1. The Morgan fingerprint density at radius 3 is 2.48 bits per heavy atom. The Kier molecular flexibility index (Phi) is 5.32. The van der Waals surface area contributed by atoms with Crippen LogP contribution in [0.4, 0.5) is 4.79 Å². The van der Waals surface area contributed by atoms with E-state index in [1.165, 1.54) is 6.07 Å². The molecular formula is C15H21NO5. The Labute approximate surface area is 123 Å². The lowest BCUT2D eigenvalue weighted by Gasteiger charge is -2.19. The summed E-state index contributed by atoms with van der Waals surface area (Å²) in [5.74, 6) is -0.710. The Morgan fingerprint density at radius 1 is 1.33 bits per heavy atom. The molecule has 21 heavy (non-hydrogen) atoms. The summed E-state index contributed by atoms with van der Waals surface area (Å²) in [4.78, 5) is 23.1. The normalized spacial score (nSPS) is 12.6. The first-order valence-corrected chi connectivity index (χ1v) is 6.57. The van der Waals surface area contributed by atoms with Crippen molar-refractivity contribution >= 4 is 12.1 Å². The van der Waals surface area contributed by atoms with E-state index in [9.17, 15) is 14.7 Å². The van der Waals surface area contributed by atoms with Crippen LogP contribution in [-0.4, -0.2) is 28.9 Å². The van der Waals surface area contributed by atoms with Crippen LogP contribution in [0.25, 0.3) is 0 Å². The molecule has 0 aliphatic rings. The van der Waals surface area contributed by atoms with Crippen LogP contribution in [0.1, 0.15) is 31.9 Å². The Hall–Kier alpha value is -2.08. The van der Waals surface area contributed by atoms with Crippen molar-refractivity contribution in [2.75, 3.05) is 0 Å². The molecule has 0 saturated heterocycles. The van der Waals surface area contributed by atoms with Gasteiger partial charge in [0.25, 0.3) is 0 Å². The molecule has 1 atom stereocenters. The molecule has 0 aromatic heterocycles. The fraction of sp³-hybridized carbons (Fsp3) is 0.467. The number of hydrogen-bond acceptors (Lipinski definition) is 6. The van der Waals surface area contributed by atoms with E-state index in [0.717, 1.165) is 11.1 Å². The first-order valence-electron chi connectivity index (χ1n) is 6.57. The van der Waals surface area contributed by atoms with Gasteiger partial charge in [-0.1, -0.05) is 6.07 Å². The molecule has 0 aliphatic carbocycles. The zero-order valence-corrected chi connectivity index (χ0v) is 12.7. The van der Waals surface area contributed by atoms with E-state index in [0.29, 0.717) is 0 Å². The summed E-state index contributed by atoms with van der Waals surface area (Å²) in [5, 5.41) is 9.32. The third-order valence-corrected chi connectivity index (χ3v) is 2.64. The maximum atomic E-state index is 11.7. The van der Waals surface area contributed by atoms with Crippen molar-refractivity contribution in [1.82, 2.24) is 0 Å². The van der Waals surface area contributed by atoms with Gasteiger partial charge in [0.2, 0.25) is 0 Å². The Bertz CT molecular complexity index is 533. The van der Waals surface area contributed by atoms with Gasteiger partial charge in [0.15, 0.2) is 0 Å². The van der Waals surface area contributed by atoms with E-state index in [4.69, 9.17) is 10.5 Å². The third-order valence-electron chi connectivity index (χ3n) is 2.64. The highest BCUT2D eigenvalue weighted by Gasteiger charge is 2.24. The molecule has 0 radical (unpaired) electrons. The van der Waals surface area contributed by atoms with Gasteiger partial charge in [0, 0.05) is 0 Å². The first-order chi connectivity index (χ1) is 9.58. The predicted octanol–water partition coefficient (Wildman–Crippen LogP) is 2.05. The zero-order valence-electron chi connectivity index (χ0n) is 12.7. The average Bonchev–Trinajstić information content (AvgIpc) is 2.29. The molecule has 0 fully saturated rings. The van der Waals surface area contributed by atoms with Crippen molar-refractivity contribution in [3.63, 3.8) is 0 Å². The van der Waals surface area contributed by atoms with Crippen molar-refractivity contribution in [2.45, 2.75) is 45.8 Å². The van der Waals surface area contributed by atoms with Crippen molar-refractivity contribution in [3.8, 4) is 5.75 Å². The number of nitrogens with two attached hydrogens (primary N) is 1. The molecule has 1 aromatic carbocycles. The second kappa shape index (κ2) is 6.58. The number of phenols is 1. The van der Waals surface area contributed by atoms with Gasteiger partial charge in [-0.05, 0) is 57.4 Å². The van der Waals surface area contributed by atoms with Gasteiger partial charge in [0.1, 0.15) is 17.4 Å². The quantitative estimate of drug-likeness (QED) is 0.654. The van der Waals surface area contributed by atoms with E-state index >= 15 is 0 Å². The van der Waals surface area contributed by atoms with Crippen LogP contribution in [0, 0.1) is 6.92 Å². The summed E-state index contributed by atoms with van der Waals surface area (Å²) in [5.41, 5.74) is 6.58. The first kappa shape index (κ1) is 17.0. The molecule has 1 aromatic rings. The number of carbonyl (C=O) groups is 2. The smallest absolute Gasteiger partial charge is 0.508 e. The van der Waals surface area contributed by atoms with E-state index in [2.05, 4.69) is 4.74 Å².